The summed E-state index contributed by atoms with van der Waals surface area (Å²) in [4.78, 5) is 26.1. The number of hydrogen-bond donors (Lipinski definition) is 1. The summed E-state index contributed by atoms with van der Waals surface area (Å²) in [5, 5.41) is 3.51. The first-order chi connectivity index (χ1) is 17.7. The first-order valence-corrected chi connectivity index (χ1v) is 14.5. The van der Waals surface area contributed by atoms with E-state index in [0.717, 1.165) is 51.4 Å². The SMILES string of the molecule is CC1=CCC[C@@]2(C)O[C@H]2[C@H]2OC(=O)[C@@H](CNC[C@@H]3C(=O)O[C@H]4[C@H]3CCC(C)=CCC[C@@]3(C)O[C@@H]43)[C@@H]2CC1. The van der Waals surface area contributed by atoms with Gasteiger partial charge in [0.05, 0.1) is 23.0 Å². The van der Waals surface area contributed by atoms with Gasteiger partial charge in [0, 0.05) is 24.9 Å². The van der Waals surface area contributed by atoms with Gasteiger partial charge in [0.1, 0.15) is 24.4 Å². The third-order valence-corrected chi connectivity index (χ3v) is 10.2. The second kappa shape index (κ2) is 9.49. The normalized spacial score (nSPS) is 47.2. The zero-order valence-electron chi connectivity index (χ0n) is 22.8. The van der Waals surface area contributed by atoms with Crippen LogP contribution >= 0.6 is 0 Å². The van der Waals surface area contributed by atoms with Gasteiger partial charge in [-0.2, -0.15) is 0 Å². The highest BCUT2D eigenvalue weighted by atomic mass is 16.7. The first-order valence-electron chi connectivity index (χ1n) is 14.5. The molecular weight excluding hydrogens is 470 g/mol. The molecule has 7 heteroatoms. The van der Waals surface area contributed by atoms with Crippen LogP contribution in [-0.2, 0) is 28.5 Å². The predicted molar refractivity (Wildman–Crippen MR) is 138 cm³/mol. The lowest BCUT2D eigenvalue weighted by Crippen LogP contribution is -2.38. The van der Waals surface area contributed by atoms with Gasteiger partial charge in [0.15, 0.2) is 0 Å². The van der Waals surface area contributed by atoms with Crippen molar-refractivity contribution in [1.82, 2.24) is 5.32 Å². The fourth-order valence-electron chi connectivity index (χ4n) is 7.54. The maximum Gasteiger partial charge on any atom is 0.311 e. The summed E-state index contributed by atoms with van der Waals surface area (Å²) in [6, 6.07) is 0. The average molecular weight is 514 g/mol. The topological polar surface area (TPSA) is 89.7 Å². The summed E-state index contributed by atoms with van der Waals surface area (Å²) in [5.74, 6) is -0.451. The van der Waals surface area contributed by atoms with Crippen molar-refractivity contribution in [3.8, 4) is 0 Å². The van der Waals surface area contributed by atoms with Crippen molar-refractivity contribution in [2.45, 2.75) is 115 Å². The predicted octanol–water partition coefficient (Wildman–Crippen LogP) is 4.25. The molecule has 10 atom stereocenters. The van der Waals surface area contributed by atoms with E-state index < -0.39 is 0 Å². The summed E-state index contributed by atoms with van der Waals surface area (Å²) >= 11 is 0. The quantitative estimate of drug-likeness (QED) is 0.342. The summed E-state index contributed by atoms with van der Waals surface area (Å²) < 4.78 is 24.1. The highest BCUT2D eigenvalue weighted by molar-refractivity contribution is 5.76. The van der Waals surface area contributed by atoms with E-state index >= 15 is 0 Å². The maximum absolute atomic E-state index is 13.0. The van der Waals surface area contributed by atoms with Crippen LogP contribution in [0.15, 0.2) is 23.3 Å². The van der Waals surface area contributed by atoms with Crippen LogP contribution in [0.1, 0.15) is 79.1 Å². The molecule has 0 aromatic carbocycles. The second-order valence-corrected chi connectivity index (χ2v) is 13.0. The number of rotatable bonds is 4. The number of fused-ring (bicyclic) bond motifs is 6. The van der Waals surface area contributed by atoms with Gasteiger partial charge in [-0.3, -0.25) is 9.59 Å². The fourth-order valence-corrected chi connectivity index (χ4v) is 7.54. The Kier molecular flexibility index (Phi) is 6.56. The molecule has 1 N–H and O–H groups in total. The van der Waals surface area contributed by atoms with Gasteiger partial charge in [0.2, 0.25) is 0 Å². The van der Waals surface area contributed by atoms with Gasteiger partial charge >= 0.3 is 11.9 Å². The minimum atomic E-state index is -0.219. The maximum atomic E-state index is 13.0. The van der Waals surface area contributed by atoms with Crippen LogP contribution < -0.4 is 5.32 Å². The molecule has 204 valence electrons. The van der Waals surface area contributed by atoms with E-state index in [9.17, 15) is 9.59 Å². The first kappa shape index (κ1) is 25.6. The van der Waals surface area contributed by atoms with Crippen LogP contribution in [0.5, 0.6) is 0 Å². The fraction of sp³-hybridized carbons (Fsp3) is 0.800. The number of nitrogens with one attached hydrogen (secondary N) is 1. The molecule has 0 aromatic heterocycles. The number of esters is 2. The number of allylic oxidation sites excluding steroid dienone is 4. The standard InChI is InChI=1S/C30H43NO6/c1-17-7-5-13-29(3)25(36-29)23-19(11-9-17)21(27(32)34-23)15-31-16-22-20-12-10-18(2)8-6-14-30(4)26(37-30)24(20)35-28(22)33/h7-8,19-26,31H,5-6,9-16H2,1-4H3/t19-,20-,21-,22-,23-,24-,25-,26-,29+,30+/m0/s1. The van der Waals surface area contributed by atoms with Crippen LogP contribution in [0.3, 0.4) is 0 Å². The highest BCUT2D eigenvalue weighted by Gasteiger charge is 2.64. The summed E-state index contributed by atoms with van der Waals surface area (Å²) in [6.45, 7) is 9.69. The number of epoxide rings is 2. The minimum Gasteiger partial charge on any atom is -0.459 e. The van der Waals surface area contributed by atoms with Crippen LogP contribution in [0.4, 0.5) is 0 Å². The van der Waals surface area contributed by atoms with E-state index in [4.69, 9.17) is 18.9 Å². The summed E-state index contributed by atoms with van der Waals surface area (Å²) in [6.07, 6.45) is 12.0. The molecule has 0 radical (unpaired) electrons. The molecule has 4 fully saturated rings. The van der Waals surface area contributed by atoms with Crippen molar-refractivity contribution < 1.29 is 28.5 Å². The molecule has 0 saturated carbocycles. The van der Waals surface area contributed by atoms with E-state index in [1.165, 1.54) is 11.1 Å². The van der Waals surface area contributed by atoms with Gasteiger partial charge in [0.25, 0.3) is 0 Å². The molecule has 7 nitrogen and oxygen atoms in total. The molecule has 0 spiro atoms. The molecule has 4 heterocycles. The Hall–Kier alpha value is -1.70. The zero-order valence-corrected chi connectivity index (χ0v) is 22.8. The molecular formula is C30H43NO6. The van der Waals surface area contributed by atoms with Gasteiger partial charge in [-0.05, 0) is 79.1 Å². The van der Waals surface area contributed by atoms with E-state index in [0.29, 0.717) is 13.1 Å². The number of hydrogen-bond acceptors (Lipinski definition) is 7. The van der Waals surface area contributed by atoms with Crippen LogP contribution in [0.25, 0.3) is 0 Å². The third-order valence-electron chi connectivity index (χ3n) is 10.2. The van der Waals surface area contributed by atoms with Crippen molar-refractivity contribution in [2.75, 3.05) is 13.1 Å². The van der Waals surface area contributed by atoms with Gasteiger partial charge in [-0.1, -0.05) is 23.3 Å². The molecule has 37 heavy (non-hydrogen) atoms. The van der Waals surface area contributed by atoms with Gasteiger partial charge < -0.3 is 24.3 Å². The molecule has 2 aliphatic carbocycles. The van der Waals surface area contributed by atoms with E-state index in [1.807, 2.05) is 0 Å². The van der Waals surface area contributed by atoms with E-state index in [2.05, 4.69) is 45.2 Å². The van der Waals surface area contributed by atoms with Crippen LogP contribution in [0.2, 0.25) is 0 Å². The van der Waals surface area contributed by atoms with Crippen molar-refractivity contribution in [3.05, 3.63) is 23.3 Å². The molecule has 6 aliphatic rings. The average Bonchev–Trinajstić information content (AvgIpc) is 3.63. The van der Waals surface area contributed by atoms with Crippen molar-refractivity contribution in [2.24, 2.45) is 23.7 Å². The van der Waals surface area contributed by atoms with Crippen molar-refractivity contribution in [1.29, 1.82) is 0 Å². The monoisotopic (exact) mass is 513 g/mol. The smallest absolute Gasteiger partial charge is 0.311 e. The van der Waals surface area contributed by atoms with Crippen LogP contribution in [0, 0.1) is 23.7 Å². The molecule has 0 amide bonds. The number of ether oxygens (including phenoxy) is 4. The van der Waals surface area contributed by atoms with Crippen molar-refractivity contribution >= 4 is 11.9 Å². The third kappa shape index (κ3) is 4.80. The molecule has 4 saturated heterocycles. The largest absolute Gasteiger partial charge is 0.459 e. The Morgan fingerprint density at radius 3 is 1.65 bits per heavy atom. The lowest BCUT2D eigenvalue weighted by atomic mass is 9.80. The summed E-state index contributed by atoms with van der Waals surface area (Å²) in [5.41, 5.74) is 2.37. The Labute approximate surface area is 220 Å². The lowest BCUT2D eigenvalue weighted by Gasteiger charge is -2.24. The summed E-state index contributed by atoms with van der Waals surface area (Å²) in [7, 11) is 0. The Balaban J connectivity index is 1.12. The minimum absolute atomic E-state index is 0.00379. The molecule has 4 aliphatic heterocycles. The van der Waals surface area contributed by atoms with Crippen molar-refractivity contribution in [3.63, 3.8) is 0 Å². The number of carbonyl (C=O) groups excluding carboxylic acids is 2. The van der Waals surface area contributed by atoms with E-state index in [1.54, 1.807) is 0 Å². The zero-order chi connectivity index (χ0) is 25.9. The van der Waals surface area contributed by atoms with Gasteiger partial charge in [-0.25, -0.2) is 0 Å². The Morgan fingerprint density at radius 2 is 1.22 bits per heavy atom. The second-order valence-electron chi connectivity index (χ2n) is 13.0. The molecule has 6 rings (SSSR count). The van der Waals surface area contributed by atoms with Crippen LogP contribution in [-0.4, -0.2) is 60.6 Å². The Bertz CT molecular complexity index is 928. The Morgan fingerprint density at radius 1 is 0.784 bits per heavy atom. The van der Waals surface area contributed by atoms with Gasteiger partial charge in [-0.15, -0.1) is 0 Å². The van der Waals surface area contributed by atoms with E-state index in [-0.39, 0.29) is 71.2 Å². The highest BCUT2D eigenvalue weighted by Crippen LogP contribution is 2.51. The molecule has 0 unspecified atom stereocenters. The molecule has 0 aromatic rings. The number of carbonyl (C=O) groups is 2. The molecule has 0 bridgehead atoms. The lowest BCUT2D eigenvalue weighted by molar-refractivity contribution is -0.145.